The van der Waals surface area contributed by atoms with Gasteiger partial charge in [0.25, 0.3) is 0 Å². The van der Waals surface area contributed by atoms with Crippen molar-refractivity contribution in [2.75, 3.05) is 33.2 Å². The lowest BCUT2D eigenvalue weighted by Crippen LogP contribution is -2.59. The zero-order chi connectivity index (χ0) is 10.1. The molecule has 0 aromatic carbocycles. The van der Waals surface area contributed by atoms with E-state index < -0.39 is 5.60 Å². The number of aliphatic hydroxyl groups is 1. The Hall–Kier alpha value is -0.120. The SMILES string of the molecule is CCN1CCN(C)[C@@H](C(C)(C)O)C1. The second-order valence-corrected chi connectivity index (χ2v) is 4.54. The molecular weight excluding hydrogens is 164 g/mol. The fraction of sp³-hybridized carbons (Fsp3) is 1.00. The summed E-state index contributed by atoms with van der Waals surface area (Å²) in [7, 11) is 2.09. The lowest BCUT2D eigenvalue weighted by Gasteiger charge is -2.44. The van der Waals surface area contributed by atoms with Crippen molar-refractivity contribution in [1.29, 1.82) is 0 Å². The summed E-state index contributed by atoms with van der Waals surface area (Å²) in [5, 5.41) is 9.96. The molecule has 3 heteroatoms. The molecule has 78 valence electrons. The molecule has 1 aliphatic heterocycles. The number of likely N-dealkylation sites (N-methyl/N-ethyl adjacent to an activating group) is 2. The van der Waals surface area contributed by atoms with Crippen LogP contribution in [0.3, 0.4) is 0 Å². The maximum atomic E-state index is 9.96. The fourth-order valence-electron chi connectivity index (χ4n) is 1.98. The van der Waals surface area contributed by atoms with Gasteiger partial charge in [-0.3, -0.25) is 4.90 Å². The Morgan fingerprint density at radius 3 is 2.46 bits per heavy atom. The van der Waals surface area contributed by atoms with Crippen LogP contribution in [0.25, 0.3) is 0 Å². The Bertz CT molecular complexity index is 165. The van der Waals surface area contributed by atoms with Crippen LogP contribution >= 0.6 is 0 Å². The first-order valence-electron chi connectivity index (χ1n) is 5.10. The van der Waals surface area contributed by atoms with Gasteiger partial charge in [-0.05, 0) is 27.4 Å². The maximum absolute atomic E-state index is 9.96. The van der Waals surface area contributed by atoms with Crippen LogP contribution in [0.1, 0.15) is 20.8 Å². The second kappa shape index (κ2) is 3.95. The van der Waals surface area contributed by atoms with E-state index in [0.29, 0.717) is 0 Å². The van der Waals surface area contributed by atoms with Crippen molar-refractivity contribution in [3.8, 4) is 0 Å². The molecule has 0 saturated carbocycles. The van der Waals surface area contributed by atoms with Crippen molar-refractivity contribution in [3.63, 3.8) is 0 Å². The van der Waals surface area contributed by atoms with E-state index in [1.54, 1.807) is 0 Å². The average Bonchev–Trinajstić information content (AvgIpc) is 2.03. The van der Waals surface area contributed by atoms with Gasteiger partial charge in [-0.2, -0.15) is 0 Å². The van der Waals surface area contributed by atoms with Crippen molar-refractivity contribution in [2.45, 2.75) is 32.4 Å². The first-order valence-corrected chi connectivity index (χ1v) is 5.10. The monoisotopic (exact) mass is 186 g/mol. The van der Waals surface area contributed by atoms with Crippen LogP contribution in [-0.4, -0.2) is 59.8 Å². The predicted molar refractivity (Wildman–Crippen MR) is 54.8 cm³/mol. The Labute approximate surface area is 81.3 Å². The minimum atomic E-state index is -0.595. The van der Waals surface area contributed by atoms with Gasteiger partial charge in [-0.25, -0.2) is 0 Å². The molecule has 0 unspecified atom stereocenters. The lowest BCUT2D eigenvalue weighted by molar-refractivity contribution is -0.0460. The average molecular weight is 186 g/mol. The van der Waals surface area contributed by atoms with Gasteiger partial charge in [0.05, 0.1) is 11.6 Å². The van der Waals surface area contributed by atoms with Gasteiger partial charge in [-0.15, -0.1) is 0 Å². The number of rotatable bonds is 2. The Kier molecular flexibility index (Phi) is 3.33. The minimum Gasteiger partial charge on any atom is -0.389 e. The van der Waals surface area contributed by atoms with Crippen molar-refractivity contribution < 1.29 is 5.11 Å². The van der Waals surface area contributed by atoms with Crippen molar-refractivity contribution in [3.05, 3.63) is 0 Å². The van der Waals surface area contributed by atoms with Crippen LogP contribution in [0, 0.1) is 0 Å². The number of hydrogen-bond acceptors (Lipinski definition) is 3. The lowest BCUT2D eigenvalue weighted by atomic mass is 9.95. The van der Waals surface area contributed by atoms with E-state index in [9.17, 15) is 5.11 Å². The van der Waals surface area contributed by atoms with Gasteiger partial charge in [-0.1, -0.05) is 6.92 Å². The number of nitrogens with zero attached hydrogens (tertiary/aromatic N) is 2. The number of piperazine rings is 1. The normalized spacial score (nSPS) is 27.9. The third-order valence-corrected chi connectivity index (χ3v) is 2.99. The Morgan fingerprint density at radius 1 is 1.38 bits per heavy atom. The highest BCUT2D eigenvalue weighted by atomic mass is 16.3. The Morgan fingerprint density at radius 2 is 2.00 bits per heavy atom. The van der Waals surface area contributed by atoms with Crippen LogP contribution in [0.15, 0.2) is 0 Å². The predicted octanol–water partition coefficient (Wildman–Crippen LogP) is 0.393. The largest absolute Gasteiger partial charge is 0.389 e. The molecule has 13 heavy (non-hydrogen) atoms. The standard InChI is InChI=1S/C10H22N2O/c1-5-12-7-6-11(4)9(8-12)10(2,3)13/h9,13H,5-8H2,1-4H3/t9-/m1/s1. The molecule has 0 bridgehead atoms. The highest BCUT2D eigenvalue weighted by Gasteiger charge is 2.34. The summed E-state index contributed by atoms with van der Waals surface area (Å²) in [4.78, 5) is 4.65. The van der Waals surface area contributed by atoms with E-state index in [0.717, 1.165) is 26.2 Å². The first-order chi connectivity index (χ1) is 5.95. The third-order valence-electron chi connectivity index (χ3n) is 2.99. The van der Waals surface area contributed by atoms with Crippen molar-refractivity contribution >= 4 is 0 Å². The van der Waals surface area contributed by atoms with E-state index in [4.69, 9.17) is 0 Å². The van der Waals surface area contributed by atoms with Gasteiger partial charge in [0.1, 0.15) is 0 Å². The molecule has 0 aliphatic carbocycles. The molecular formula is C10H22N2O. The number of hydrogen-bond donors (Lipinski definition) is 1. The molecule has 1 N–H and O–H groups in total. The molecule has 1 aliphatic rings. The summed E-state index contributed by atoms with van der Waals surface area (Å²) >= 11 is 0. The second-order valence-electron chi connectivity index (χ2n) is 4.54. The molecule has 3 nitrogen and oxygen atoms in total. The van der Waals surface area contributed by atoms with E-state index in [1.807, 2.05) is 13.8 Å². The van der Waals surface area contributed by atoms with Crippen molar-refractivity contribution in [2.24, 2.45) is 0 Å². The molecule has 1 atom stereocenters. The summed E-state index contributed by atoms with van der Waals surface area (Å²) in [5.74, 6) is 0. The molecule has 0 spiro atoms. The zero-order valence-corrected chi connectivity index (χ0v) is 9.25. The van der Waals surface area contributed by atoms with Gasteiger partial charge in [0.2, 0.25) is 0 Å². The molecule has 0 amide bonds. The summed E-state index contributed by atoms with van der Waals surface area (Å²) in [6, 6.07) is 0.265. The van der Waals surface area contributed by atoms with Crippen molar-refractivity contribution in [1.82, 2.24) is 9.80 Å². The van der Waals surface area contributed by atoms with Crippen LogP contribution in [0.5, 0.6) is 0 Å². The molecule has 1 fully saturated rings. The topological polar surface area (TPSA) is 26.7 Å². The summed E-state index contributed by atoms with van der Waals surface area (Å²) in [6.45, 7) is 10.2. The quantitative estimate of drug-likeness (QED) is 0.676. The molecule has 0 aromatic heterocycles. The Balaban J connectivity index is 2.60. The third kappa shape index (κ3) is 2.66. The minimum absolute atomic E-state index is 0.265. The van der Waals surface area contributed by atoms with Gasteiger partial charge in [0.15, 0.2) is 0 Å². The summed E-state index contributed by atoms with van der Waals surface area (Å²) < 4.78 is 0. The fourth-order valence-corrected chi connectivity index (χ4v) is 1.98. The van der Waals surface area contributed by atoms with E-state index in [2.05, 4.69) is 23.8 Å². The molecule has 1 heterocycles. The highest BCUT2D eigenvalue weighted by molar-refractivity contribution is 4.90. The first kappa shape index (κ1) is 11.0. The smallest absolute Gasteiger partial charge is 0.0758 e. The molecule has 0 radical (unpaired) electrons. The maximum Gasteiger partial charge on any atom is 0.0758 e. The summed E-state index contributed by atoms with van der Waals surface area (Å²) in [5.41, 5.74) is -0.595. The van der Waals surface area contributed by atoms with E-state index in [-0.39, 0.29) is 6.04 Å². The molecule has 1 saturated heterocycles. The molecule has 0 aromatic rings. The zero-order valence-electron chi connectivity index (χ0n) is 9.25. The summed E-state index contributed by atoms with van der Waals surface area (Å²) in [6.07, 6.45) is 0. The van der Waals surface area contributed by atoms with Gasteiger partial charge < -0.3 is 10.0 Å². The van der Waals surface area contributed by atoms with Crippen LogP contribution in [0.4, 0.5) is 0 Å². The highest BCUT2D eigenvalue weighted by Crippen LogP contribution is 2.18. The van der Waals surface area contributed by atoms with E-state index in [1.165, 1.54) is 0 Å². The molecule has 1 rings (SSSR count). The van der Waals surface area contributed by atoms with Gasteiger partial charge >= 0.3 is 0 Å². The van der Waals surface area contributed by atoms with Crippen LogP contribution in [-0.2, 0) is 0 Å². The van der Waals surface area contributed by atoms with Crippen LogP contribution in [0.2, 0.25) is 0 Å². The van der Waals surface area contributed by atoms with Gasteiger partial charge in [0, 0.05) is 19.6 Å². The van der Waals surface area contributed by atoms with Crippen LogP contribution < -0.4 is 0 Å². The van der Waals surface area contributed by atoms with E-state index >= 15 is 0 Å².